The van der Waals surface area contributed by atoms with E-state index in [9.17, 15) is 9.59 Å². The largest absolute Gasteiger partial charge is 0.493 e. The van der Waals surface area contributed by atoms with E-state index in [4.69, 9.17) is 14.3 Å². The van der Waals surface area contributed by atoms with Gasteiger partial charge in [-0.05, 0) is 61.6 Å². The van der Waals surface area contributed by atoms with E-state index in [1.807, 2.05) is 55.5 Å². The van der Waals surface area contributed by atoms with E-state index in [1.54, 1.807) is 0 Å². The molecule has 1 aliphatic rings. The highest BCUT2D eigenvalue weighted by Crippen LogP contribution is 2.25. The highest BCUT2D eigenvalue weighted by Gasteiger charge is 2.21. The Labute approximate surface area is 211 Å². The molecule has 1 saturated carbocycles. The summed E-state index contributed by atoms with van der Waals surface area (Å²) in [4.78, 5) is 28.4. The Bertz CT molecular complexity index is 1170. The zero-order valence-corrected chi connectivity index (χ0v) is 20.8. The van der Waals surface area contributed by atoms with Crippen molar-refractivity contribution in [3.8, 4) is 17.2 Å². The molecule has 0 atom stereocenters. The number of aryl methyl sites for hydroxylation is 2. The Hall–Kier alpha value is -3.61. The highest BCUT2D eigenvalue weighted by molar-refractivity contribution is 5.78. The minimum Gasteiger partial charge on any atom is -0.493 e. The third-order valence-electron chi connectivity index (χ3n) is 6.74. The van der Waals surface area contributed by atoms with Gasteiger partial charge in [0.15, 0.2) is 0 Å². The molecule has 0 bridgehead atoms. The number of nitrogens with zero attached hydrogens (tertiary/aromatic N) is 1. The predicted octanol–water partition coefficient (Wildman–Crippen LogP) is 5.49. The van der Waals surface area contributed by atoms with Gasteiger partial charge in [0, 0.05) is 30.9 Å². The first kappa shape index (κ1) is 25.5. The molecule has 7 nitrogen and oxygen atoms in total. The van der Waals surface area contributed by atoms with Crippen LogP contribution in [-0.4, -0.2) is 28.6 Å². The van der Waals surface area contributed by atoms with Crippen molar-refractivity contribution in [1.82, 2.24) is 10.3 Å². The minimum absolute atomic E-state index is 0.0406. The molecule has 1 amide bonds. The van der Waals surface area contributed by atoms with Crippen molar-refractivity contribution in [2.45, 2.75) is 64.8 Å². The van der Waals surface area contributed by atoms with Gasteiger partial charge in [-0.3, -0.25) is 9.59 Å². The van der Waals surface area contributed by atoms with Crippen LogP contribution in [0.25, 0.3) is 11.5 Å². The molecule has 0 unspecified atom stereocenters. The summed E-state index contributed by atoms with van der Waals surface area (Å²) in [5, 5.41) is 12.2. The predicted molar refractivity (Wildman–Crippen MR) is 137 cm³/mol. The molecule has 0 saturated heterocycles. The molecule has 2 aromatic carbocycles. The van der Waals surface area contributed by atoms with Gasteiger partial charge >= 0.3 is 5.97 Å². The van der Waals surface area contributed by atoms with Crippen LogP contribution in [0.15, 0.2) is 52.9 Å². The van der Waals surface area contributed by atoms with Crippen LogP contribution in [-0.2, 0) is 29.0 Å². The summed E-state index contributed by atoms with van der Waals surface area (Å²) in [6.07, 6.45) is 6.32. The topological polar surface area (TPSA) is 102 Å². The first-order valence-corrected chi connectivity index (χ1v) is 12.8. The Morgan fingerprint density at radius 2 is 1.83 bits per heavy atom. The van der Waals surface area contributed by atoms with E-state index in [-0.39, 0.29) is 18.2 Å². The number of carbonyl (C=O) groups is 2. The lowest BCUT2D eigenvalue weighted by Crippen LogP contribution is -2.31. The summed E-state index contributed by atoms with van der Waals surface area (Å²) < 4.78 is 11.8. The van der Waals surface area contributed by atoms with Gasteiger partial charge < -0.3 is 19.6 Å². The lowest BCUT2D eigenvalue weighted by molar-refractivity contribution is -0.137. The number of ether oxygens (including phenoxy) is 1. The second-order valence-corrected chi connectivity index (χ2v) is 9.36. The van der Waals surface area contributed by atoms with E-state index >= 15 is 0 Å². The van der Waals surface area contributed by atoms with Crippen LogP contribution in [0.3, 0.4) is 0 Å². The fraction of sp³-hybridized carbons (Fsp3) is 0.414. The highest BCUT2D eigenvalue weighted by atomic mass is 16.5. The van der Waals surface area contributed by atoms with Crippen molar-refractivity contribution in [3.63, 3.8) is 0 Å². The Kier molecular flexibility index (Phi) is 8.76. The van der Waals surface area contributed by atoms with E-state index < -0.39 is 5.97 Å². The third kappa shape index (κ3) is 6.97. The Morgan fingerprint density at radius 3 is 2.58 bits per heavy atom. The van der Waals surface area contributed by atoms with Crippen LogP contribution < -0.4 is 10.1 Å². The number of carboxylic acids is 1. The molecule has 1 aliphatic carbocycles. The standard InChI is InChI=1S/C29H34N2O5/c1-20-26(31-29(36-20)23-10-6-3-7-11-23)16-17-35-25-14-12-21(13-15-27(32)33)24(18-25)19-30-28(34)22-8-4-2-5-9-22/h3,6-7,10-12,14,18,22H,2,4-5,8-9,13,15-17,19H2,1H3,(H,30,34)(H,32,33). The molecule has 36 heavy (non-hydrogen) atoms. The van der Waals surface area contributed by atoms with E-state index in [0.29, 0.717) is 37.6 Å². The second kappa shape index (κ2) is 12.4. The van der Waals surface area contributed by atoms with Crippen LogP contribution in [0.1, 0.15) is 61.1 Å². The number of aliphatic carboxylic acids is 1. The van der Waals surface area contributed by atoms with Crippen LogP contribution in [0, 0.1) is 12.8 Å². The number of benzene rings is 2. The first-order chi connectivity index (χ1) is 17.5. The number of aromatic nitrogens is 1. The van der Waals surface area contributed by atoms with Crippen LogP contribution >= 0.6 is 0 Å². The number of carbonyl (C=O) groups excluding carboxylic acids is 1. The molecule has 7 heteroatoms. The Balaban J connectivity index is 1.38. The lowest BCUT2D eigenvalue weighted by atomic mass is 9.88. The van der Waals surface area contributed by atoms with Gasteiger partial charge in [-0.15, -0.1) is 0 Å². The van der Waals surface area contributed by atoms with E-state index in [0.717, 1.165) is 53.8 Å². The maximum Gasteiger partial charge on any atom is 0.303 e. The molecule has 2 N–H and O–H groups in total. The number of oxazole rings is 1. The van der Waals surface area contributed by atoms with Gasteiger partial charge in [0.1, 0.15) is 11.5 Å². The Morgan fingerprint density at radius 1 is 1.06 bits per heavy atom. The van der Waals surface area contributed by atoms with Gasteiger partial charge in [-0.25, -0.2) is 4.98 Å². The quantitative estimate of drug-likeness (QED) is 0.369. The molecular formula is C29H34N2O5. The van der Waals surface area contributed by atoms with Crippen molar-refractivity contribution in [2.75, 3.05) is 6.61 Å². The van der Waals surface area contributed by atoms with Crippen molar-refractivity contribution >= 4 is 11.9 Å². The maximum absolute atomic E-state index is 12.6. The molecule has 1 heterocycles. The van der Waals surface area contributed by atoms with Gasteiger partial charge in [-0.1, -0.05) is 43.5 Å². The minimum atomic E-state index is -0.842. The van der Waals surface area contributed by atoms with Gasteiger partial charge in [0.2, 0.25) is 11.8 Å². The number of hydrogen-bond acceptors (Lipinski definition) is 5. The summed E-state index contributed by atoms with van der Waals surface area (Å²) in [5.74, 6) is 1.37. The van der Waals surface area contributed by atoms with Gasteiger partial charge in [0.25, 0.3) is 0 Å². The average Bonchev–Trinajstić information content (AvgIpc) is 3.27. The second-order valence-electron chi connectivity index (χ2n) is 9.36. The van der Waals surface area contributed by atoms with Crippen LogP contribution in [0.2, 0.25) is 0 Å². The number of amides is 1. The summed E-state index contributed by atoms with van der Waals surface area (Å²) in [6, 6.07) is 15.4. The fourth-order valence-corrected chi connectivity index (χ4v) is 4.66. The van der Waals surface area contributed by atoms with E-state index in [1.165, 1.54) is 6.42 Å². The summed E-state index contributed by atoms with van der Waals surface area (Å²) >= 11 is 0. The van der Waals surface area contributed by atoms with Crippen molar-refractivity contribution in [3.05, 3.63) is 71.1 Å². The molecule has 190 valence electrons. The SMILES string of the molecule is Cc1oc(-c2ccccc2)nc1CCOc1ccc(CCC(=O)O)c(CNC(=O)C2CCCCC2)c1. The normalized spacial score (nSPS) is 13.9. The molecule has 0 aliphatic heterocycles. The third-order valence-corrected chi connectivity index (χ3v) is 6.74. The monoisotopic (exact) mass is 490 g/mol. The molecule has 0 radical (unpaired) electrons. The maximum atomic E-state index is 12.6. The van der Waals surface area contributed by atoms with Crippen molar-refractivity contribution in [2.24, 2.45) is 5.92 Å². The van der Waals surface area contributed by atoms with Gasteiger partial charge in [0.05, 0.1) is 12.3 Å². The molecule has 1 fully saturated rings. The van der Waals surface area contributed by atoms with Gasteiger partial charge in [-0.2, -0.15) is 0 Å². The number of hydrogen-bond donors (Lipinski definition) is 2. The zero-order chi connectivity index (χ0) is 25.3. The number of carboxylic acid groups (broad SMARTS) is 1. The molecular weight excluding hydrogens is 456 g/mol. The molecule has 1 aromatic heterocycles. The summed E-state index contributed by atoms with van der Waals surface area (Å²) in [6.45, 7) is 2.69. The van der Waals surface area contributed by atoms with Crippen molar-refractivity contribution < 1.29 is 23.8 Å². The number of nitrogens with one attached hydrogen (secondary N) is 1. The summed E-state index contributed by atoms with van der Waals surface area (Å²) in [5.41, 5.74) is 3.59. The molecule has 3 aromatic rings. The average molecular weight is 491 g/mol. The fourth-order valence-electron chi connectivity index (χ4n) is 4.66. The van der Waals surface area contributed by atoms with E-state index in [2.05, 4.69) is 10.3 Å². The molecule has 4 rings (SSSR count). The number of rotatable bonds is 11. The van der Waals surface area contributed by atoms with Crippen molar-refractivity contribution in [1.29, 1.82) is 0 Å². The first-order valence-electron chi connectivity index (χ1n) is 12.8. The zero-order valence-electron chi connectivity index (χ0n) is 20.8. The lowest BCUT2D eigenvalue weighted by Gasteiger charge is -2.21. The van der Waals surface area contributed by atoms with Crippen LogP contribution in [0.4, 0.5) is 0 Å². The summed E-state index contributed by atoms with van der Waals surface area (Å²) in [7, 11) is 0. The smallest absolute Gasteiger partial charge is 0.303 e. The van der Waals surface area contributed by atoms with Crippen LogP contribution in [0.5, 0.6) is 5.75 Å². The molecule has 0 spiro atoms.